The fourth-order valence-electron chi connectivity index (χ4n) is 2.31. The second kappa shape index (κ2) is 4.37. The highest BCUT2D eigenvalue weighted by Gasteiger charge is 2.21. The largest absolute Gasteiger partial charge is 0.354 e. The minimum atomic E-state index is 0.133. The van der Waals surface area contributed by atoms with Gasteiger partial charge in [0.2, 0.25) is 5.91 Å². The molecular weight excluding hydrogens is 248 g/mol. The van der Waals surface area contributed by atoms with Crippen molar-refractivity contribution in [2.24, 2.45) is 0 Å². The molecule has 1 unspecified atom stereocenters. The van der Waals surface area contributed by atoms with Gasteiger partial charge in [-0.25, -0.2) is 4.98 Å². The van der Waals surface area contributed by atoms with Crippen LogP contribution >= 0.6 is 11.3 Å². The third-order valence-electron chi connectivity index (χ3n) is 3.28. The number of aromatic nitrogens is 2. The molecule has 0 bridgehead atoms. The maximum atomic E-state index is 11.1. The Kier molecular flexibility index (Phi) is 2.83. The van der Waals surface area contributed by atoms with Crippen LogP contribution in [0, 0.1) is 13.8 Å². The molecule has 5 nitrogen and oxygen atoms in total. The molecule has 3 heterocycles. The summed E-state index contributed by atoms with van der Waals surface area (Å²) < 4.78 is 2.15. The van der Waals surface area contributed by atoms with E-state index in [1.807, 2.05) is 6.92 Å². The number of rotatable bonds is 3. The van der Waals surface area contributed by atoms with E-state index in [9.17, 15) is 4.79 Å². The highest BCUT2D eigenvalue weighted by atomic mass is 32.1. The van der Waals surface area contributed by atoms with Crippen molar-refractivity contribution >= 4 is 22.2 Å². The van der Waals surface area contributed by atoms with Gasteiger partial charge >= 0.3 is 0 Å². The number of hydrogen-bond donors (Lipinski definition) is 2. The molecule has 1 atom stereocenters. The lowest BCUT2D eigenvalue weighted by Gasteiger charge is -2.10. The first-order valence-electron chi connectivity index (χ1n) is 6.07. The summed E-state index contributed by atoms with van der Waals surface area (Å²) in [5.74, 6) is 0.133. The second-order valence-electron chi connectivity index (χ2n) is 4.72. The third kappa shape index (κ3) is 2.02. The average molecular weight is 264 g/mol. The summed E-state index contributed by atoms with van der Waals surface area (Å²) in [5, 5.41) is 6.25. The molecule has 1 fully saturated rings. The number of carbonyl (C=O) groups is 1. The van der Waals surface area contributed by atoms with Crippen molar-refractivity contribution in [2.45, 2.75) is 32.9 Å². The van der Waals surface area contributed by atoms with E-state index in [4.69, 9.17) is 0 Å². The molecule has 96 valence electrons. The first-order valence-corrected chi connectivity index (χ1v) is 6.89. The zero-order valence-corrected chi connectivity index (χ0v) is 11.3. The van der Waals surface area contributed by atoms with Crippen LogP contribution in [0.4, 0.5) is 0 Å². The summed E-state index contributed by atoms with van der Waals surface area (Å²) in [6.45, 7) is 5.60. The molecule has 0 radical (unpaired) electrons. The molecule has 1 aliphatic rings. The van der Waals surface area contributed by atoms with Gasteiger partial charge in [0, 0.05) is 36.6 Å². The first kappa shape index (κ1) is 11.7. The monoisotopic (exact) mass is 264 g/mol. The van der Waals surface area contributed by atoms with Crippen molar-refractivity contribution in [3.63, 3.8) is 0 Å². The molecule has 2 aromatic heterocycles. The SMILES string of the molecule is Cc1cn2c(CNC3CNC(=O)C3)c(C)nc2s1. The number of amides is 1. The molecule has 1 aliphatic heterocycles. The Morgan fingerprint density at radius 1 is 1.61 bits per heavy atom. The molecule has 3 rings (SSSR count). The molecule has 2 N–H and O–H groups in total. The van der Waals surface area contributed by atoms with Crippen molar-refractivity contribution in [1.82, 2.24) is 20.0 Å². The summed E-state index contributed by atoms with van der Waals surface area (Å²) in [6.07, 6.45) is 2.69. The summed E-state index contributed by atoms with van der Waals surface area (Å²) in [5.41, 5.74) is 2.25. The Balaban J connectivity index is 1.77. The van der Waals surface area contributed by atoms with Crippen molar-refractivity contribution in [2.75, 3.05) is 6.54 Å². The van der Waals surface area contributed by atoms with E-state index >= 15 is 0 Å². The number of nitrogens with one attached hydrogen (secondary N) is 2. The van der Waals surface area contributed by atoms with E-state index in [0.717, 1.165) is 23.7 Å². The van der Waals surface area contributed by atoms with E-state index in [-0.39, 0.29) is 11.9 Å². The number of thiazole rings is 1. The zero-order chi connectivity index (χ0) is 12.7. The smallest absolute Gasteiger partial charge is 0.221 e. The molecule has 0 aliphatic carbocycles. The van der Waals surface area contributed by atoms with Crippen LogP contribution in [0.15, 0.2) is 6.20 Å². The maximum Gasteiger partial charge on any atom is 0.221 e. The molecule has 1 amide bonds. The molecule has 0 saturated carbocycles. The molecule has 0 aromatic carbocycles. The summed E-state index contributed by atoms with van der Waals surface area (Å²) >= 11 is 1.70. The molecule has 2 aromatic rings. The fourth-order valence-corrected chi connectivity index (χ4v) is 3.20. The molecular formula is C12H16N4OS. The van der Waals surface area contributed by atoms with Crippen LogP contribution in [0.1, 0.15) is 22.7 Å². The van der Waals surface area contributed by atoms with Gasteiger partial charge in [-0.3, -0.25) is 9.20 Å². The normalized spacial score (nSPS) is 19.7. The van der Waals surface area contributed by atoms with Crippen LogP contribution in [0.3, 0.4) is 0 Å². The summed E-state index contributed by atoms with van der Waals surface area (Å²) in [7, 11) is 0. The minimum absolute atomic E-state index is 0.133. The van der Waals surface area contributed by atoms with Gasteiger partial charge in [0.1, 0.15) is 0 Å². The Morgan fingerprint density at radius 3 is 3.17 bits per heavy atom. The molecule has 6 heteroatoms. The Hall–Kier alpha value is -1.40. The first-order chi connectivity index (χ1) is 8.63. The van der Waals surface area contributed by atoms with Crippen LogP contribution < -0.4 is 10.6 Å². The van der Waals surface area contributed by atoms with Crippen LogP contribution in [0.5, 0.6) is 0 Å². The van der Waals surface area contributed by atoms with E-state index < -0.39 is 0 Å². The lowest BCUT2D eigenvalue weighted by molar-refractivity contribution is -0.119. The summed E-state index contributed by atoms with van der Waals surface area (Å²) in [6, 6.07) is 0.238. The highest BCUT2D eigenvalue weighted by Crippen LogP contribution is 2.20. The third-order valence-corrected chi connectivity index (χ3v) is 4.17. The van der Waals surface area contributed by atoms with Crippen molar-refractivity contribution in [3.8, 4) is 0 Å². The average Bonchev–Trinajstić information content (AvgIpc) is 2.92. The second-order valence-corrected chi connectivity index (χ2v) is 5.94. The number of aryl methyl sites for hydroxylation is 2. The lowest BCUT2D eigenvalue weighted by atomic mass is 10.2. The summed E-state index contributed by atoms with van der Waals surface area (Å²) in [4.78, 5) is 18.0. The van der Waals surface area contributed by atoms with Crippen molar-refractivity contribution in [1.29, 1.82) is 0 Å². The lowest BCUT2D eigenvalue weighted by Crippen LogP contribution is -2.31. The van der Waals surface area contributed by atoms with Gasteiger partial charge in [-0.05, 0) is 13.8 Å². The van der Waals surface area contributed by atoms with Gasteiger partial charge in [-0.1, -0.05) is 0 Å². The van der Waals surface area contributed by atoms with Crippen molar-refractivity contribution in [3.05, 3.63) is 22.5 Å². The zero-order valence-electron chi connectivity index (χ0n) is 10.5. The molecule has 18 heavy (non-hydrogen) atoms. The number of fused-ring (bicyclic) bond motifs is 1. The Morgan fingerprint density at radius 2 is 2.44 bits per heavy atom. The van der Waals surface area contributed by atoms with Crippen LogP contribution in [-0.4, -0.2) is 27.9 Å². The quantitative estimate of drug-likeness (QED) is 0.869. The van der Waals surface area contributed by atoms with Gasteiger partial charge in [-0.15, -0.1) is 11.3 Å². The Bertz CT molecular complexity index is 601. The van der Waals surface area contributed by atoms with Crippen LogP contribution in [-0.2, 0) is 11.3 Å². The van der Waals surface area contributed by atoms with E-state index in [2.05, 4.69) is 33.1 Å². The van der Waals surface area contributed by atoms with Crippen molar-refractivity contribution < 1.29 is 4.79 Å². The van der Waals surface area contributed by atoms with E-state index in [0.29, 0.717) is 6.42 Å². The fraction of sp³-hybridized carbons (Fsp3) is 0.500. The topological polar surface area (TPSA) is 58.4 Å². The van der Waals surface area contributed by atoms with Gasteiger partial charge in [-0.2, -0.15) is 0 Å². The van der Waals surface area contributed by atoms with E-state index in [1.165, 1.54) is 10.6 Å². The van der Waals surface area contributed by atoms with Crippen LogP contribution in [0.25, 0.3) is 4.96 Å². The number of carbonyl (C=O) groups excluding carboxylic acids is 1. The number of nitrogens with zero attached hydrogens (tertiary/aromatic N) is 2. The molecule has 1 saturated heterocycles. The molecule has 0 spiro atoms. The minimum Gasteiger partial charge on any atom is -0.354 e. The van der Waals surface area contributed by atoms with Gasteiger partial charge in [0.05, 0.1) is 11.4 Å². The van der Waals surface area contributed by atoms with Gasteiger partial charge in [0.15, 0.2) is 4.96 Å². The van der Waals surface area contributed by atoms with Gasteiger partial charge in [0.25, 0.3) is 0 Å². The maximum absolute atomic E-state index is 11.1. The standard InChI is InChI=1S/C12H16N4OS/c1-7-6-16-10(8(2)15-12(16)18-7)5-13-9-3-11(17)14-4-9/h6,9,13H,3-5H2,1-2H3,(H,14,17). The Labute approximate surface area is 109 Å². The van der Waals surface area contributed by atoms with E-state index in [1.54, 1.807) is 11.3 Å². The van der Waals surface area contributed by atoms with Gasteiger partial charge < -0.3 is 10.6 Å². The van der Waals surface area contributed by atoms with Crippen LogP contribution in [0.2, 0.25) is 0 Å². The highest BCUT2D eigenvalue weighted by molar-refractivity contribution is 7.17. The predicted molar refractivity (Wildman–Crippen MR) is 70.8 cm³/mol. The predicted octanol–water partition coefficient (Wildman–Crippen LogP) is 0.991. The number of imidazole rings is 1. The number of hydrogen-bond acceptors (Lipinski definition) is 4.